The summed E-state index contributed by atoms with van der Waals surface area (Å²) in [7, 11) is 0. The molecule has 0 atom stereocenters. The molecule has 1 aliphatic heterocycles. The van der Waals surface area contributed by atoms with Crippen LogP contribution in [-0.4, -0.2) is 39.0 Å². The SMILES string of the molecule is Cc1ccc(C)c(NC(=O)N2CCC(n3cc(C4CCCC4)nn3)CC2)c1. The van der Waals surface area contributed by atoms with Crippen molar-refractivity contribution < 1.29 is 4.79 Å². The molecule has 2 heterocycles. The first-order chi connectivity index (χ1) is 13.1. The van der Waals surface area contributed by atoms with Crippen LogP contribution < -0.4 is 5.32 Å². The van der Waals surface area contributed by atoms with E-state index < -0.39 is 0 Å². The molecule has 6 heteroatoms. The molecular weight excluding hydrogens is 338 g/mol. The minimum Gasteiger partial charge on any atom is -0.324 e. The van der Waals surface area contributed by atoms with Crippen LogP contribution in [0.2, 0.25) is 0 Å². The maximum absolute atomic E-state index is 12.6. The summed E-state index contributed by atoms with van der Waals surface area (Å²) in [5, 5.41) is 11.9. The smallest absolute Gasteiger partial charge is 0.321 e. The van der Waals surface area contributed by atoms with E-state index in [0.717, 1.165) is 48.4 Å². The average Bonchev–Trinajstić information content (AvgIpc) is 3.36. The summed E-state index contributed by atoms with van der Waals surface area (Å²) >= 11 is 0. The lowest BCUT2D eigenvalue weighted by molar-refractivity contribution is 0.179. The Morgan fingerprint density at radius 3 is 2.59 bits per heavy atom. The zero-order chi connectivity index (χ0) is 18.8. The lowest BCUT2D eigenvalue weighted by atomic mass is 10.0. The minimum atomic E-state index is -0.00705. The summed E-state index contributed by atoms with van der Waals surface area (Å²) in [6.07, 6.45) is 9.11. The van der Waals surface area contributed by atoms with Crippen molar-refractivity contribution in [2.45, 2.75) is 64.3 Å². The summed E-state index contributed by atoms with van der Waals surface area (Å²) in [6, 6.07) is 6.47. The molecule has 1 saturated heterocycles. The molecule has 27 heavy (non-hydrogen) atoms. The molecular formula is C21H29N5O. The molecule has 2 fully saturated rings. The van der Waals surface area contributed by atoms with Gasteiger partial charge in [-0.05, 0) is 56.7 Å². The minimum absolute atomic E-state index is 0.00705. The number of carbonyl (C=O) groups is 1. The molecule has 1 aromatic heterocycles. The van der Waals surface area contributed by atoms with E-state index in [4.69, 9.17) is 0 Å². The summed E-state index contributed by atoms with van der Waals surface area (Å²) in [5.74, 6) is 0.599. The van der Waals surface area contributed by atoms with Crippen LogP contribution in [0, 0.1) is 13.8 Å². The molecule has 1 aromatic carbocycles. The highest BCUT2D eigenvalue weighted by molar-refractivity contribution is 5.90. The van der Waals surface area contributed by atoms with Gasteiger partial charge in [-0.15, -0.1) is 5.10 Å². The highest BCUT2D eigenvalue weighted by Crippen LogP contribution is 2.33. The first kappa shape index (κ1) is 18.0. The molecule has 2 amide bonds. The van der Waals surface area contributed by atoms with Crippen LogP contribution in [-0.2, 0) is 0 Å². The number of aryl methyl sites for hydroxylation is 2. The number of anilines is 1. The van der Waals surface area contributed by atoms with Crippen molar-refractivity contribution in [2.24, 2.45) is 0 Å². The number of hydrogen-bond acceptors (Lipinski definition) is 3. The Labute approximate surface area is 160 Å². The number of hydrogen-bond donors (Lipinski definition) is 1. The quantitative estimate of drug-likeness (QED) is 0.873. The zero-order valence-electron chi connectivity index (χ0n) is 16.3. The van der Waals surface area contributed by atoms with Crippen molar-refractivity contribution in [3.63, 3.8) is 0 Å². The average molecular weight is 367 g/mol. The van der Waals surface area contributed by atoms with Gasteiger partial charge in [-0.2, -0.15) is 0 Å². The fraction of sp³-hybridized carbons (Fsp3) is 0.571. The van der Waals surface area contributed by atoms with Gasteiger partial charge in [0.2, 0.25) is 0 Å². The van der Waals surface area contributed by atoms with Crippen molar-refractivity contribution in [3.8, 4) is 0 Å². The Morgan fingerprint density at radius 1 is 1.11 bits per heavy atom. The Morgan fingerprint density at radius 2 is 1.85 bits per heavy atom. The third kappa shape index (κ3) is 3.99. The summed E-state index contributed by atoms with van der Waals surface area (Å²) in [5.41, 5.74) is 4.30. The lowest BCUT2D eigenvalue weighted by Crippen LogP contribution is -2.41. The number of rotatable bonds is 3. The van der Waals surface area contributed by atoms with Crippen molar-refractivity contribution in [2.75, 3.05) is 18.4 Å². The molecule has 2 aromatic rings. The number of carbonyl (C=O) groups excluding carboxylic acids is 1. The van der Waals surface area contributed by atoms with Crippen LogP contribution in [0.25, 0.3) is 0 Å². The molecule has 1 aliphatic carbocycles. The van der Waals surface area contributed by atoms with E-state index in [0.29, 0.717) is 12.0 Å². The maximum atomic E-state index is 12.6. The topological polar surface area (TPSA) is 63.1 Å². The van der Waals surface area contributed by atoms with Gasteiger partial charge in [0.25, 0.3) is 0 Å². The Kier molecular flexibility index (Phi) is 5.14. The monoisotopic (exact) mass is 367 g/mol. The highest BCUT2D eigenvalue weighted by atomic mass is 16.2. The summed E-state index contributed by atoms with van der Waals surface area (Å²) in [4.78, 5) is 14.5. The second-order valence-corrected chi connectivity index (χ2v) is 8.07. The van der Waals surface area contributed by atoms with E-state index in [1.54, 1.807) is 0 Å². The van der Waals surface area contributed by atoms with E-state index in [1.165, 1.54) is 25.7 Å². The van der Waals surface area contributed by atoms with E-state index in [2.05, 4.69) is 27.9 Å². The first-order valence-corrected chi connectivity index (χ1v) is 10.1. The van der Waals surface area contributed by atoms with Gasteiger partial charge in [0, 0.05) is 30.9 Å². The van der Waals surface area contributed by atoms with Gasteiger partial charge < -0.3 is 10.2 Å². The molecule has 1 saturated carbocycles. The molecule has 1 N–H and O–H groups in total. The first-order valence-electron chi connectivity index (χ1n) is 10.1. The van der Waals surface area contributed by atoms with Crippen molar-refractivity contribution in [3.05, 3.63) is 41.2 Å². The molecule has 0 spiro atoms. The fourth-order valence-corrected chi connectivity index (χ4v) is 4.28. The third-order valence-corrected chi connectivity index (χ3v) is 6.06. The largest absolute Gasteiger partial charge is 0.324 e. The van der Waals surface area contributed by atoms with E-state index in [9.17, 15) is 4.79 Å². The zero-order valence-corrected chi connectivity index (χ0v) is 16.3. The van der Waals surface area contributed by atoms with Gasteiger partial charge in [0.1, 0.15) is 0 Å². The van der Waals surface area contributed by atoms with Gasteiger partial charge in [0.15, 0.2) is 0 Å². The van der Waals surface area contributed by atoms with Gasteiger partial charge in [-0.25, -0.2) is 9.48 Å². The number of nitrogens with one attached hydrogen (secondary N) is 1. The molecule has 4 rings (SSSR count). The van der Waals surface area contributed by atoms with Gasteiger partial charge >= 0.3 is 6.03 Å². The second kappa shape index (κ2) is 7.71. The molecule has 0 unspecified atom stereocenters. The summed E-state index contributed by atoms with van der Waals surface area (Å²) < 4.78 is 2.04. The number of benzene rings is 1. The predicted molar refractivity (Wildman–Crippen MR) is 106 cm³/mol. The van der Waals surface area contributed by atoms with Crippen LogP contribution >= 0.6 is 0 Å². The van der Waals surface area contributed by atoms with Crippen LogP contribution in [0.15, 0.2) is 24.4 Å². The standard InChI is InChI=1S/C21H29N5O/c1-15-7-8-16(2)19(13-15)22-21(27)25-11-9-18(10-12-25)26-14-20(23-24-26)17-5-3-4-6-17/h7-8,13-14,17-18H,3-6,9-12H2,1-2H3,(H,22,27). The van der Waals surface area contributed by atoms with E-state index >= 15 is 0 Å². The van der Waals surface area contributed by atoms with Crippen molar-refractivity contribution >= 4 is 11.7 Å². The number of urea groups is 1. The Bertz CT molecular complexity index is 801. The van der Waals surface area contributed by atoms with Gasteiger partial charge in [0.05, 0.1) is 11.7 Å². The number of amides is 2. The molecule has 144 valence electrons. The van der Waals surface area contributed by atoms with Gasteiger partial charge in [-0.1, -0.05) is 30.2 Å². The van der Waals surface area contributed by atoms with E-state index in [1.807, 2.05) is 35.6 Å². The van der Waals surface area contributed by atoms with Gasteiger partial charge in [-0.3, -0.25) is 0 Å². The van der Waals surface area contributed by atoms with Crippen LogP contribution in [0.4, 0.5) is 10.5 Å². The molecule has 0 radical (unpaired) electrons. The van der Waals surface area contributed by atoms with E-state index in [-0.39, 0.29) is 6.03 Å². The maximum Gasteiger partial charge on any atom is 0.321 e. The molecule has 0 bridgehead atoms. The lowest BCUT2D eigenvalue weighted by Gasteiger charge is -2.32. The number of likely N-dealkylation sites (tertiary alicyclic amines) is 1. The molecule has 6 nitrogen and oxygen atoms in total. The normalized spacial score (nSPS) is 18.8. The van der Waals surface area contributed by atoms with Crippen LogP contribution in [0.1, 0.15) is 67.3 Å². The number of aromatic nitrogens is 3. The highest BCUT2D eigenvalue weighted by Gasteiger charge is 2.26. The molecule has 2 aliphatic rings. The predicted octanol–water partition coefficient (Wildman–Crippen LogP) is 4.42. The van der Waals surface area contributed by atoms with Crippen LogP contribution in [0.3, 0.4) is 0 Å². The fourth-order valence-electron chi connectivity index (χ4n) is 4.28. The number of nitrogens with zero attached hydrogens (tertiary/aromatic N) is 4. The second-order valence-electron chi connectivity index (χ2n) is 8.07. The summed E-state index contributed by atoms with van der Waals surface area (Å²) in [6.45, 7) is 5.56. The Hall–Kier alpha value is -2.37. The third-order valence-electron chi connectivity index (χ3n) is 6.06. The van der Waals surface area contributed by atoms with Crippen molar-refractivity contribution in [1.29, 1.82) is 0 Å². The van der Waals surface area contributed by atoms with Crippen molar-refractivity contribution in [1.82, 2.24) is 19.9 Å². The number of piperidine rings is 1. The Balaban J connectivity index is 1.33. The van der Waals surface area contributed by atoms with Crippen LogP contribution in [0.5, 0.6) is 0 Å².